The van der Waals surface area contributed by atoms with Crippen molar-refractivity contribution in [1.29, 1.82) is 0 Å². The molecule has 5 nitrogen and oxygen atoms in total. The Kier molecular flexibility index (Phi) is 4.51. The predicted molar refractivity (Wildman–Crippen MR) is 114 cm³/mol. The molecule has 0 aliphatic carbocycles. The van der Waals surface area contributed by atoms with E-state index in [1.54, 1.807) is 17.7 Å². The van der Waals surface area contributed by atoms with E-state index >= 15 is 0 Å². The Balaban J connectivity index is 1.82. The Bertz CT molecular complexity index is 1370. The fourth-order valence-electron chi connectivity index (χ4n) is 3.73. The van der Waals surface area contributed by atoms with E-state index in [0.717, 1.165) is 28.6 Å². The highest BCUT2D eigenvalue weighted by atomic mass is 19.1. The van der Waals surface area contributed by atoms with Crippen LogP contribution in [-0.2, 0) is 0 Å². The van der Waals surface area contributed by atoms with Gasteiger partial charge in [0.05, 0.1) is 18.5 Å². The lowest BCUT2D eigenvalue weighted by Crippen LogP contribution is -2.03. The Morgan fingerprint density at radius 3 is 2.19 bits per heavy atom. The number of hydrogen-bond acceptors (Lipinski definition) is 3. The van der Waals surface area contributed by atoms with Crippen LogP contribution < -0.4 is 4.74 Å². The highest BCUT2D eigenvalue weighted by Crippen LogP contribution is 2.33. The van der Waals surface area contributed by atoms with Crippen LogP contribution in [0, 0.1) is 18.6 Å². The number of halogens is 2. The quantitative estimate of drug-likeness (QED) is 0.391. The Morgan fingerprint density at radius 1 is 0.871 bits per heavy atom. The first-order valence-electron chi connectivity index (χ1n) is 9.68. The van der Waals surface area contributed by atoms with E-state index in [-0.39, 0.29) is 0 Å². The molecule has 0 saturated carbocycles. The fourth-order valence-corrected chi connectivity index (χ4v) is 3.73. The molecule has 0 N–H and O–H groups in total. The summed E-state index contributed by atoms with van der Waals surface area (Å²) in [5.41, 5.74) is 4.02. The summed E-state index contributed by atoms with van der Waals surface area (Å²) >= 11 is 0. The number of benzene rings is 2. The van der Waals surface area contributed by atoms with E-state index in [0.29, 0.717) is 22.7 Å². The minimum Gasteiger partial charge on any atom is -0.497 e. The van der Waals surface area contributed by atoms with Gasteiger partial charge in [0.15, 0.2) is 5.65 Å². The zero-order valence-corrected chi connectivity index (χ0v) is 16.9. The van der Waals surface area contributed by atoms with Crippen molar-refractivity contribution in [1.82, 2.24) is 19.2 Å². The summed E-state index contributed by atoms with van der Waals surface area (Å²) in [6.07, 6.45) is 3.73. The monoisotopic (exact) mass is 416 g/mol. The standard InChI is InChI=1S/C24H18F2N4O/c1-15-23(16-5-7-20(31-2)8-6-16)24-27-22(29-9-3-4-10-29)14-21(30(24)28-15)17-11-18(25)13-19(26)12-17/h3-14H,1-2H3. The summed E-state index contributed by atoms with van der Waals surface area (Å²) in [6.45, 7) is 1.89. The van der Waals surface area contributed by atoms with Crippen molar-refractivity contribution in [2.45, 2.75) is 6.92 Å². The molecule has 0 bridgehead atoms. The number of hydrogen-bond donors (Lipinski definition) is 0. The second kappa shape index (κ2) is 7.36. The van der Waals surface area contributed by atoms with Gasteiger partial charge < -0.3 is 9.30 Å². The van der Waals surface area contributed by atoms with Crippen LogP contribution in [0.5, 0.6) is 5.75 Å². The summed E-state index contributed by atoms with van der Waals surface area (Å²) in [5, 5.41) is 4.66. The topological polar surface area (TPSA) is 44.4 Å². The van der Waals surface area contributed by atoms with Gasteiger partial charge >= 0.3 is 0 Å². The van der Waals surface area contributed by atoms with E-state index in [9.17, 15) is 8.78 Å². The number of ether oxygens (including phenoxy) is 1. The molecule has 7 heteroatoms. The summed E-state index contributed by atoms with van der Waals surface area (Å²) in [4.78, 5) is 4.83. The van der Waals surface area contributed by atoms with Gasteiger partial charge in [-0.3, -0.25) is 0 Å². The maximum atomic E-state index is 14.0. The molecule has 0 saturated heterocycles. The summed E-state index contributed by atoms with van der Waals surface area (Å²) in [5.74, 6) is 0.0603. The Labute approximate surface area is 177 Å². The van der Waals surface area contributed by atoms with Gasteiger partial charge in [0.2, 0.25) is 0 Å². The number of fused-ring (bicyclic) bond motifs is 1. The van der Waals surface area contributed by atoms with Crippen molar-refractivity contribution < 1.29 is 13.5 Å². The molecule has 0 amide bonds. The lowest BCUT2D eigenvalue weighted by molar-refractivity contribution is 0.415. The second-order valence-electron chi connectivity index (χ2n) is 7.17. The SMILES string of the molecule is COc1ccc(-c2c(C)nn3c(-c4cc(F)cc(F)c4)cc(-n4cccc4)nc23)cc1. The number of rotatable bonds is 4. The average molecular weight is 416 g/mol. The van der Waals surface area contributed by atoms with E-state index in [2.05, 4.69) is 5.10 Å². The molecule has 3 heterocycles. The molecule has 0 radical (unpaired) electrons. The number of nitrogens with zero attached hydrogens (tertiary/aromatic N) is 4. The van der Waals surface area contributed by atoms with E-state index in [1.807, 2.05) is 60.3 Å². The minimum absolute atomic E-state index is 0.377. The van der Waals surface area contributed by atoms with Gasteiger partial charge in [-0.05, 0) is 48.9 Å². The molecule has 0 unspecified atom stereocenters. The van der Waals surface area contributed by atoms with E-state index in [1.165, 1.54) is 12.1 Å². The average Bonchev–Trinajstić information content (AvgIpc) is 3.40. The number of methoxy groups -OCH3 is 1. The van der Waals surface area contributed by atoms with E-state index in [4.69, 9.17) is 9.72 Å². The van der Waals surface area contributed by atoms with Gasteiger partial charge in [-0.15, -0.1) is 0 Å². The summed E-state index contributed by atoms with van der Waals surface area (Å²) < 4.78 is 36.8. The third-order valence-corrected chi connectivity index (χ3v) is 5.16. The zero-order chi connectivity index (χ0) is 21.5. The highest BCUT2D eigenvalue weighted by molar-refractivity contribution is 5.82. The van der Waals surface area contributed by atoms with Crippen LogP contribution >= 0.6 is 0 Å². The molecule has 0 aliphatic heterocycles. The molecule has 0 atom stereocenters. The predicted octanol–water partition coefficient (Wildman–Crippen LogP) is 5.45. The van der Waals surface area contributed by atoms with Gasteiger partial charge in [0.25, 0.3) is 0 Å². The minimum atomic E-state index is -0.651. The van der Waals surface area contributed by atoms with Crippen LogP contribution in [0.15, 0.2) is 73.1 Å². The van der Waals surface area contributed by atoms with Gasteiger partial charge in [-0.1, -0.05) is 12.1 Å². The van der Waals surface area contributed by atoms with Crippen molar-refractivity contribution in [3.8, 4) is 34.0 Å². The van der Waals surface area contributed by atoms with Crippen LogP contribution in [0.3, 0.4) is 0 Å². The first-order valence-corrected chi connectivity index (χ1v) is 9.68. The maximum Gasteiger partial charge on any atom is 0.166 e. The highest BCUT2D eigenvalue weighted by Gasteiger charge is 2.19. The summed E-state index contributed by atoms with van der Waals surface area (Å²) in [7, 11) is 1.62. The van der Waals surface area contributed by atoms with Gasteiger partial charge in [-0.2, -0.15) is 5.10 Å². The molecule has 5 rings (SSSR count). The third kappa shape index (κ3) is 3.34. The van der Waals surface area contributed by atoms with Gasteiger partial charge in [-0.25, -0.2) is 18.3 Å². The molecule has 31 heavy (non-hydrogen) atoms. The van der Waals surface area contributed by atoms with Gasteiger partial charge in [0.1, 0.15) is 23.2 Å². The van der Waals surface area contributed by atoms with Crippen LogP contribution in [0.2, 0.25) is 0 Å². The zero-order valence-electron chi connectivity index (χ0n) is 16.9. The first kappa shape index (κ1) is 19.0. The van der Waals surface area contributed by atoms with Gasteiger partial charge in [0, 0.05) is 35.7 Å². The normalized spacial score (nSPS) is 11.2. The largest absolute Gasteiger partial charge is 0.497 e. The van der Waals surface area contributed by atoms with Crippen LogP contribution in [0.1, 0.15) is 5.69 Å². The molecule has 3 aromatic heterocycles. The Morgan fingerprint density at radius 2 is 1.55 bits per heavy atom. The lowest BCUT2D eigenvalue weighted by Gasteiger charge is -2.10. The van der Waals surface area contributed by atoms with Crippen LogP contribution in [-0.4, -0.2) is 26.3 Å². The number of aryl methyl sites for hydroxylation is 1. The van der Waals surface area contributed by atoms with Crippen molar-refractivity contribution in [3.05, 3.63) is 90.4 Å². The van der Waals surface area contributed by atoms with Crippen molar-refractivity contribution in [3.63, 3.8) is 0 Å². The van der Waals surface area contributed by atoms with Crippen molar-refractivity contribution in [2.24, 2.45) is 0 Å². The number of aromatic nitrogens is 4. The third-order valence-electron chi connectivity index (χ3n) is 5.16. The van der Waals surface area contributed by atoms with Crippen molar-refractivity contribution in [2.75, 3.05) is 7.11 Å². The molecule has 0 fully saturated rings. The molecule has 5 aromatic rings. The van der Waals surface area contributed by atoms with Crippen molar-refractivity contribution >= 4 is 5.65 Å². The molecule has 0 spiro atoms. The maximum absolute atomic E-state index is 14.0. The molecular formula is C24H18F2N4O. The molecule has 2 aromatic carbocycles. The summed E-state index contributed by atoms with van der Waals surface area (Å²) in [6, 6.07) is 16.6. The second-order valence-corrected chi connectivity index (χ2v) is 7.17. The fraction of sp³-hybridized carbons (Fsp3) is 0.0833. The first-order chi connectivity index (χ1) is 15.0. The molecule has 0 aliphatic rings. The smallest absolute Gasteiger partial charge is 0.166 e. The molecule has 154 valence electrons. The van der Waals surface area contributed by atoms with Crippen LogP contribution in [0.4, 0.5) is 8.78 Å². The van der Waals surface area contributed by atoms with E-state index < -0.39 is 11.6 Å². The Hall–Kier alpha value is -4.00. The van der Waals surface area contributed by atoms with Crippen LogP contribution in [0.25, 0.3) is 33.8 Å². The lowest BCUT2D eigenvalue weighted by atomic mass is 10.1. The molecular weight excluding hydrogens is 398 g/mol.